The number of hydrogen-bond acceptors (Lipinski definition) is 3. The number of hydrogen-bond donors (Lipinski definition) is 1. The zero-order valence-corrected chi connectivity index (χ0v) is 13.8. The monoisotopic (exact) mass is 295 g/mol. The molecule has 0 aromatic carbocycles. The van der Waals surface area contributed by atoms with Gasteiger partial charge in [0, 0.05) is 6.54 Å². The standard InChI is InChI=1S/C16H29N3O2/c1-5-13-14(20)17-16(3,6-2)15(21)19(13)11-12-7-9-18(4)10-8-12/h12-13H,5-11H2,1-4H3,(H,17,20). The topological polar surface area (TPSA) is 52.7 Å². The van der Waals surface area contributed by atoms with Crippen LogP contribution in [0.25, 0.3) is 0 Å². The molecule has 2 unspecified atom stereocenters. The van der Waals surface area contributed by atoms with Crippen molar-refractivity contribution in [3.05, 3.63) is 0 Å². The van der Waals surface area contributed by atoms with Crippen LogP contribution >= 0.6 is 0 Å². The van der Waals surface area contributed by atoms with Gasteiger partial charge < -0.3 is 15.1 Å². The number of likely N-dealkylation sites (tertiary alicyclic amines) is 1. The van der Waals surface area contributed by atoms with Crippen molar-refractivity contribution >= 4 is 11.8 Å². The minimum Gasteiger partial charge on any atom is -0.340 e. The Morgan fingerprint density at radius 2 is 1.86 bits per heavy atom. The summed E-state index contributed by atoms with van der Waals surface area (Å²) >= 11 is 0. The van der Waals surface area contributed by atoms with Crippen molar-refractivity contribution in [2.75, 3.05) is 26.7 Å². The number of nitrogens with one attached hydrogen (secondary N) is 1. The van der Waals surface area contributed by atoms with Crippen LogP contribution in [0.3, 0.4) is 0 Å². The molecule has 0 radical (unpaired) electrons. The van der Waals surface area contributed by atoms with Crippen molar-refractivity contribution in [1.29, 1.82) is 0 Å². The molecule has 0 bridgehead atoms. The van der Waals surface area contributed by atoms with Crippen LogP contribution < -0.4 is 5.32 Å². The predicted octanol–water partition coefficient (Wildman–Crippen LogP) is 1.23. The van der Waals surface area contributed by atoms with Crippen molar-refractivity contribution in [2.24, 2.45) is 5.92 Å². The smallest absolute Gasteiger partial charge is 0.248 e. The summed E-state index contributed by atoms with van der Waals surface area (Å²) < 4.78 is 0. The minimum atomic E-state index is -0.728. The van der Waals surface area contributed by atoms with Gasteiger partial charge in [-0.15, -0.1) is 0 Å². The normalized spacial score (nSPS) is 32.4. The first-order valence-corrected chi connectivity index (χ1v) is 8.23. The van der Waals surface area contributed by atoms with Crippen LogP contribution in [0.15, 0.2) is 0 Å². The van der Waals surface area contributed by atoms with Gasteiger partial charge in [-0.25, -0.2) is 0 Å². The first-order chi connectivity index (χ1) is 9.91. The maximum absolute atomic E-state index is 12.8. The molecular weight excluding hydrogens is 266 g/mol. The molecule has 2 saturated heterocycles. The third-order valence-electron chi connectivity index (χ3n) is 5.20. The largest absolute Gasteiger partial charge is 0.340 e. The van der Waals surface area contributed by atoms with Gasteiger partial charge in [0.15, 0.2) is 0 Å². The van der Waals surface area contributed by atoms with E-state index >= 15 is 0 Å². The second-order valence-electron chi connectivity index (χ2n) is 6.80. The Balaban J connectivity index is 2.12. The van der Waals surface area contributed by atoms with E-state index in [-0.39, 0.29) is 17.9 Å². The lowest BCUT2D eigenvalue weighted by Gasteiger charge is -2.45. The van der Waals surface area contributed by atoms with Gasteiger partial charge in [0.2, 0.25) is 11.8 Å². The number of carbonyl (C=O) groups is 2. The predicted molar refractivity (Wildman–Crippen MR) is 82.9 cm³/mol. The molecule has 5 nitrogen and oxygen atoms in total. The van der Waals surface area contributed by atoms with Crippen molar-refractivity contribution in [3.8, 4) is 0 Å². The molecule has 21 heavy (non-hydrogen) atoms. The first-order valence-electron chi connectivity index (χ1n) is 8.23. The average Bonchev–Trinajstić information content (AvgIpc) is 2.47. The van der Waals surface area contributed by atoms with E-state index < -0.39 is 5.54 Å². The molecule has 0 aromatic heterocycles. The van der Waals surface area contributed by atoms with Crippen molar-refractivity contribution < 1.29 is 9.59 Å². The van der Waals surface area contributed by atoms with Crippen molar-refractivity contribution in [3.63, 3.8) is 0 Å². The maximum Gasteiger partial charge on any atom is 0.248 e. The summed E-state index contributed by atoms with van der Waals surface area (Å²) in [4.78, 5) is 29.4. The molecule has 2 aliphatic rings. The highest BCUT2D eigenvalue weighted by molar-refractivity contribution is 5.99. The molecule has 0 aliphatic carbocycles. The highest BCUT2D eigenvalue weighted by atomic mass is 16.2. The number of nitrogens with zero attached hydrogens (tertiary/aromatic N) is 2. The summed E-state index contributed by atoms with van der Waals surface area (Å²) in [5.41, 5.74) is -0.728. The van der Waals surface area contributed by atoms with E-state index in [0.717, 1.165) is 32.5 Å². The Morgan fingerprint density at radius 3 is 2.38 bits per heavy atom. The molecule has 2 amide bonds. The quantitative estimate of drug-likeness (QED) is 0.849. The van der Waals surface area contributed by atoms with Crippen LogP contribution in [0.1, 0.15) is 46.5 Å². The molecule has 2 rings (SSSR count). The van der Waals surface area contributed by atoms with Gasteiger partial charge in [0.05, 0.1) is 0 Å². The van der Waals surface area contributed by atoms with Gasteiger partial charge in [-0.1, -0.05) is 13.8 Å². The molecule has 0 spiro atoms. The van der Waals surface area contributed by atoms with E-state index in [0.29, 0.717) is 18.8 Å². The molecule has 0 saturated carbocycles. The fraction of sp³-hybridized carbons (Fsp3) is 0.875. The number of piperazine rings is 1. The lowest BCUT2D eigenvalue weighted by atomic mass is 9.88. The number of carbonyl (C=O) groups excluding carboxylic acids is 2. The summed E-state index contributed by atoms with van der Waals surface area (Å²) in [5, 5.41) is 2.93. The van der Waals surface area contributed by atoms with E-state index in [1.54, 1.807) is 0 Å². The van der Waals surface area contributed by atoms with Gasteiger partial charge in [-0.2, -0.15) is 0 Å². The van der Waals surface area contributed by atoms with Crippen LogP contribution in [0.2, 0.25) is 0 Å². The molecule has 5 heteroatoms. The fourth-order valence-electron chi connectivity index (χ4n) is 3.39. The van der Waals surface area contributed by atoms with Gasteiger partial charge in [-0.3, -0.25) is 9.59 Å². The third-order valence-corrected chi connectivity index (χ3v) is 5.20. The average molecular weight is 295 g/mol. The molecule has 120 valence electrons. The molecule has 2 heterocycles. The molecular formula is C16H29N3O2. The van der Waals surface area contributed by atoms with Gasteiger partial charge >= 0.3 is 0 Å². The van der Waals surface area contributed by atoms with Crippen LogP contribution in [0.4, 0.5) is 0 Å². The van der Waals surface area contributed by atoms with Crippen molar-refractivity contribution in [2.45, 2.75) is 58.0 Å². The van der Waals surface area contributed by atoms with Crippen LogP contribution in [-0.2, 0) is 9.59 Å². The lowest BCUT2D eigenvalue weighted by Crippen LogP contribution is -2.69. The fourth-order valence-corrected chi connectivity index (χ4v) is 3.39. The second kappa shape index (κ2) is 6.34. The van der Waals surface area contributed by atoms with E-state index in [9.17, 15) is 9.59 Å². The Bertz CT molecular complexity index is 404. The number of amides is 2. The summed E-state index contributed by atoms with van der Waals surface area (Å²) in [5.74, 6) is 0.621. The van der Waals surface area contributed by atoms with Gasteiger partial charge in [-0.05, 0) is 58.7 Å². The third kappa shape index (κ3) is 3.23. The van der Waals surface area contributed by atoms with E-state index in [1.807, 2.05) is 25.7 Å². The van der Waals surface area contributed by atoms with Crippen LogP contribution in [-0.4, -0.2) is 59.9 Å². The van der Waals surface area contributed by atoms with Crippen LogP contribution in [0.5, 0.6) is 0 Å². The summed E-state index contributed by atoms with van der Waals surface area (Å²) in [6.45, 7) is 8.68. The Kier molecular flexibility index (Phi) is 4.91. The maximum atomic E-state index is 12.8. The Morgan fingerprint density at radius 1 is 1.24 bits per heavy atom. The van der Waals surface area contributed by atoms with Crippen molar-refractivity contribution in [1.82, 2.24) is 15.1 Å². The zero-order valence-electron chi connectivity index (χ0n) is 13.8. The zero-order chi connectivity index (χ0) is 15.6. The minimum absolute atomic E-state index is 0.00868. The van der Waals surface area contributed by atoms with Gasteiger partial charge in [0.25, 0.3) is 0 Å². The summed E-state index contributed by atoms with van der Waals surface area (Å²) in [7, 11) is 2.14. The van der Waals surface area contributed by atoms with E-state index in [4.69, 9.17) is 0 Å². The lowest BCUT2D eigenvalue weighted by molar-refractivity contribution is -0.155. The molecule has 1 N–H and O–H groups in total. The highest BCUT2D eigenvalue weighted by Gasteiger charge is 2.46. The molecule has 2 atom stereocenters. The number of rotatable bonds is 4. The summed E-state index contributed by atoms with van der Waals surface area (Å²) in [6.07, 6.45) is 3.55. The number of piperidine rings is 1. The van der Waals surface area contributed by atoms with E-state index in [2.05, 4.69) is 17.3 Å². The molecule has 0 aromatic rings. The summed E-state index contributed by atoms with van der Waals surface area (Å²) in [6, 6.07) is -0.295. The Hall–Kier alpha value is -1.10. The van der Waals surface area contributed by atoms with E-state index in [1.165, 1.54) is 0 Å². The van der Waals surface area contributed by atoms with Crippen LogP contribution in [0, 0.1) is 5.92 Å². The van der Waals surface area contributed by atoms with Gasteiger partial charge in [0.1, 0.15) is 11.6 Å². The Labute approximate surface area is 128 Å². The highest BCUT2D eigenvalue weighted by Crippen LogP contribution is 2.26. The molecule has 2 fully saturated rings. The SMILES string of the molecule is CCC1C(=O)NC(C)(CC)C(=O)N1CC1CCN(C)CC1. The first kappa shape index (κ1) is 16.3. The second-order valence-corrected chi connectivity index (χ2v) is 6.80. The molecule has 2 aliphatic heterocycles.